The molecule has 3 aromatic rings. The van der Waals surface area contributed by atoms with Crippen LogP contribution in [-0.4, -0.2) is 34.3 Å². The van der Waals surface area contributed by atoms with Crippen molar-refractivity contribution in [3.05, 3.63) is 54.1 Å². The van der Waals surface area contributed by atoms with Crippen LogP contribution < -0.4 is 4.74 Å². The van der Waals surface area contributed by atoms with Crippen LogP contribution in [-0.2, 0) is 10.5 Å². The quantitative estimate of drug-likeness (QED) is 0.582. The number of aromatic nitrogens is 3. The van der Waals surface area contributed by atoms with E-state index in [2.05, 4.69) is 26.9 Å². The standard InChI is InChI=1S/C18H21N3O2S/c1-14-16(19-9-8-18(14)23-11-5-10-22-2)12-24-21-13-20-15-6-3-4-7-17(15)21/h3-4,6-9,13H,5,10-12H2,1-2H3. The Morgan fingerprint density at radius 1 is 1.12 bits per heavy atom. The summed E-state index contributed by atoms with van der Waals surface area (Å²) in [7, 11) is 1.70. The maximum absolute atomic E-state index is 5.84. The Morgan fingerprint density at radius 2 is 2.00 bits per heavy atom. The van der Waals surface area contributed by atoms with Crippen molar-refractivity contribution in [3.8, 4) is 5.75 Å². The van der Waals surface area contributed by atoms with Gasteiger partial charge in [-0.1, -0.05) is 12.1 Å². The Labute approximate surface area is 146 Å². The fourth-order valence-corrected chi connectivity index (χ4v) is 3.38. The number of hydrogen-bond donors (Lipinski definition) is 0. The van der Waals surface area contributed by atoms with Gasteiger partial charge in [-0.3, -0.25) is 8.96 Å². The van der Waals surface area contributed by atoms with E-state index in [1.54, 1.807) is 25.3 Å². The van der Waals surface area contributed by atoms with Crippen molar-refractivity contribution in [2.45, 2.75) is 19.1 Å². The van der Waals surface area contributed by atoms with Crippen molar-refractivity contribution >= 4 is 23.0 Å². The van der Waals surface area contributed by atoms with Gasteiger partial charge in [0.2, 0.25) is 0 Å². The molecule has 5 nitrogen and oxygen atoms in total. The molecule has 0 N–H and O–H groups in total. The summed E-state index contributed by atoms with van der Waals surface area (Å²) in [5, 5.41) is 0. The Balaban J connectivity index is 1.66. The van der Waals surface area contributed by atoms with Gasteiger partial charge in [0, 0.05) is 31.9 Å². The summed E-state index contributed by atoms with van der Waals surface area (Å²) in [6, 6.07) is 10.0. The van der Waals surface area contributed by atoms with Crippen molar-refractivity contribution in [2.75, 3.05) is 20.3 Å². The lowest BCUT2D eigenvalue weighted by Crippen LogP contribution is -2.04. The van der Waals surface area contributed by atoms with Gasteiger partial charge in [-0.05, 0) is 37.1 Å². The molecule has 6 heteroatoms. The number of benzene rings is 1. The van der Waals surface area contributed by atoms with Crippen LogP contribution in [0.1, 0.15) is 17.7 Å². The first kappa shape index (κ1) is 16.8. The van der Waals surface area contributed by atoms with Crippen LogP contribution in [0.2, 0.25) is 0 Å². The third-order valence-electron chi connectivity index (χ3n) is 3.77. The highest BCUT2D eigenvalue weighted by Crippen LogP contribution is 2.25. The van der Waals surface area contributed by atoms with E-state index in [-0.39, 0.29) is 0 Å². The predicted molar refractivity (Wildman–Crippen MR) is 97.4 cm³/mol. The van der Waals surface area contributed by atoms with Crippen molar-refractivity contribution < 1.29 is 9.47 Å². The normalized spacial score (nSPS) is 11.1. The number of para-hydroxylation sites is 2. The van der Waals surface area contributed by atoms with Crippen LogP contribution in [0.15, 0.2) is 42.9 Å². The fraction of sp³-hybridized carbons (Fsp3) is 0.333. The second-order valence-corrected chi connectivity index (χ2v) is 6.35. The Morgan fingerprint density at radius 3 is 2.88 bits per heavy atom. The summed E-state index contributed by atoms with van der Waals surface area (Å²) in [5.41, 5.74) is 4.24. The highest BCUT2D eigenvalue weighted by Gasteiger charge is 2.09. The molecule has 0 saturated carbocycles. The van der Waals surface area contributed by atoms with Gasteiger partial charge in [-0.15, -0.1) is 0 Å². The molecule has 24 heavy (non-hydrogen) atoms. The zero-order valence-electron chi connectivity index (χ0n) is 13.9. The summed E-state index contributed by atoms with van der Waals surface area (Å²) in [4.78, 5) is 8.92. The SMILES string of the molecule is COCCCOc1ccnc(CSn2cnc3ccccc32)c1C. The van der Waals surface area contributed by atoms with E-state index in [1.165, 1.54) is 0 Å². The van der Waals surface area contributed by atoms with Crippen LogP contribution in [0, 0.1) is 6.92 Å². The second-order valence-electron chi connectivity index (χ2n) is 5.41. The van der Waals surface area contributed by atoms with Crippen LogP contribution in [0.4, 0.5) is 0 Å². The van der Waals surface area contributed by atoms with Crippen molar-refractivity contribution in [2.24, 2.45) is 0 Å². The van der Waals surface area contributed by atoms with E-state index in [0.29, 0.717) is 13.2 Å². The molecular formula is C18H21N3O2S. The van der Waals surface area contributed by atoms with Gasteiger partial charge in [0.05, 0.1) is 29.1 Å². The number of fused-ring (bicyclic) bond motifs is 1. The van der Waals surface area contributed by atoms with Crippen LogP contribution in [0.3, 0.4) is 0 Å². The van der Waals surface area contributed by atoms with Gasteiger partial charge in [-0.25, -0.2) is 4.98 Å². The summed E-state index contributed by atoms with van der Waals surface area (Å²) in [6.45, 7) is 3.42. The largest absolute Gasteiger partial charge is 0.493 e. The molecule has 0 radical (unpaired) electrons. The molecule has 0 fully saturated rings. The first-order valence-electron chi connectivity index (χ1n) is 7.91. The third kappa shape index (κ3) is 3.88. The van der Waals surface area contributed by atoms with E-state index >= 15 is 0 Å². The van der Waals surface area contributed by atoms with E-state index in [9.17, 15) is 0 Å². The summed E-state index contributed by atoms with van der Waals surface area (Å²) < 4.78 is 13.0. The van der Waals surface area contributed by atoms with Gasteiger partial charge < -0.3 is 9.47 Å². The number of ether oxygens (including phenoxy) is 2. The molecule has 0 spiro atoms. The zero-order valence-corrected chi connectivity index (χ0v) is 14.8. The molecule has 2 heterocycles. The van der Waals surface area contributed by atoms with Crippen molar-refractivity contribution in [3.63, 3.8) is 0 Å². The van der Waals surface area contributed by atoms with Crippen molar-refractivity contribution in [1.29, 1.82) is 0 Å². The minimum absolute atomic E-state index is 0.650. The molecule has 126 valence electrons. The van der Waals surface area contributed by atoms with Gasteiger partial charge >= 0.3 is 0 Å². The van der Waals surface area contributed by atoms with E-state index < -0.39 is 0 Å². The average molecular weight is 343 g/mol. The maximum Gasteiger partial charge on any atom is 0.125 e. The minimum Gasteiger partial charge on any atom is -0.493 e. The zero-order chi connectivity index (χ0) is 16.8. The Bertz CT molecular complexity index is 804. The van der Waals surface area contributed by atoms with Gasteiger partial charge in [0.15, 0.2) is 0 Å². The molecule has 0 aliphatic heterocycles. The second kappa shape index (κ2) is 8.17. The van der Waals surface area contributed by atoms with Gasteiger partial charge in [-0.2, -0.15) is 0 Å². The van der Waals surface area contributed by atoms with E-state index in [4.69, 9.17) is 9.47 Å². The molecule has 1 aromatic carbocycles. The average Bonchev–Trinajstić information content (AvgIpc) is 3.02. The molecule has 0 atom stereocenters. The lowest BCUT2D eigenvalue weighted by Gasteiger charge is -2.12. The monoisotopic (exact) mass is 343 g/mol. The van der Waals surface area contributed by atoms with Crippen LogP contribution in [0.25, 0.3) is 11.0 Å². The number of imidazole rings is 1. The molecule has 0 amide bonds. The van der Waals surface area contributed by atoms with Gasteiger partial charge in [0.1, 0.15) is 12.1 Å². The van der Waals surface area contributed by atoms with E-state index in [1.807, 2.05) is 30.6 Å². The Hall–Kier alpha value is -2.05. The van der Waals surface area contributed by atoms with Crippen LogP contribution in [0.5, 0.6) is 5.75 Å². The van der Waals surface area contributed by atoms with Crippen molar-refractivity contribution in [1.82, 2.24) is 13.9 Å². The molecule has 0 aliphatic carbocycles. The number of rotatable bonds is 8. The number of hydrogen-bond acceptors (Lipinski definition) is 5. The number of pyridine rings is 1. The lowest BCUT2D eigenvalue weighted by atomic mass is 10.2. The lowest BCUT2D eigenvalue weighted by molar-refractivity contribution is 0.172. The Kier molecular flexibility index (Phi) is 5.72. The summed E-state index contributed by atoms with van der Waals surface area (Å²) in [6.07, 6.45) is 4.54. The summed E-state index contributed by atoms with van der Waals surface area (Å²) >= 11 is 1.68. The molecular weight excluding hydrogens is 322 g/mol. The number of methoxy groups -OCH3 is 1. The predicted octanol–water partition coefficient (Wildman–Crippen LogP) is 3.85. The third-order valence-corrected chi connectivity index (χ3v) is 4.74. The van der Waals surface area contributed by atoms with E-state index in [0.717, 1.165) is 40.2 Å². The highest BCUT2D eigenvalue weighted by molar-refractivity contribution is 7.97. The molecule has 0 bridgehead atoms. The topological polar surface area (TPSA) is 49.2 Å². The molecule has 0 saturated heterocycles. The highest BCUT2D eigenvalue weighted by atomic mass is 32.2. The molecule has 0 aliphatic rings. The first-order valence-corrected chi connectivity index (χ1v) is 8.85. The molecule has 2 aromatic heterocycles. The maximum atomic E-state index is 5.84. The molecule has 0 unspecified atom stereocenters. The van der Waals surface area contributed by atoms with Gasteiger partial charge in [0.25, 0.3) is 0 Å². The number of nitrogens with zero attached hydrogens (tertiary/aromatic N) is 3. The molecule has 3 rings (SSSR count). The minimum atomic E-state index is 0.650. The van der Waals surface area contributed by atoms with Crippen LogP contribution >= 0.6 is 11.9 Å². The fourth-order valence-electron chi connectivity index (χ4n) is 2.42. The summed E-state index contributed by atoms with van der Waals surface area (Å²) in [5.74, 6) is 1.66. The first-order chi connectivity index (χ1) is 11.8. The smallest absolute Gasteiger partial charge is 0.125 e.